The monoisotopic (exact) mass is 357 g/mol. The molecule has 7 heteroatoms. The fourth-order valence-corrected chi connectivity index (χ4v) is 2.98. The summed E-state index contributed by atoms with van der Waals surface area (Å²) < 4.78 is 15.4. The number of furan rings is 1. The van der Waals surface area contributed by atoms with Gasteiger partial charge in [-0.3, -0.25) is 9.59 Å². The Balaban J connectivity index is 2.05. The Hall–Kier alpha value is -3.06. The van der Waals surface area contributed by atoms with Crippen molar-refractivity contribution in [2.75, 3.05) is 27.4 Å². The number of hydrogen-bond acceptors (Lipinski definition) is 6. The minimum atomic E-state index is -0.735. The van der Waals surface area contributed by atoms with E-state index in [2.05, 4.69) is 0 Å². The summed E-state index contributed by atoms with van der Waals surface area (Å²) in [5.74, 6) is -0.997. The van der Waals surface area contributed by atoms with Gasteiger partial charge < -0.3 is 23.9 Å². The van der Waals surface area contributed by atoms with Crippen LogP contribution >= 0.6 is 0 Å². The maximum Gasteiger partial charge on any atom is 0.290 e. The Morgan fingerprint density at radius 2 is 1.96 bits per heavy atom. The molecule has 1 aliphatic heterocycles. The Bertz CT molecular complexity index is 822. The average Bonchev–Trinajstić information content (AvgIpc) is 3.28. The Morgan fingerprint density at radius 3 is 2.54 bits per heavy atom. The number of nitrogens with zero attached hydrogens (tertiary/aromatic N) is 1. The molecular formula is C19H19NO6. The SMILES string of the molecule is COCCN1C(=O)C(O)=C(C(=O)c2ccco2)C1c1ccc(OC)cc1. The molecule has 7 nitrogen and oxygen atoms in total. The Kier molecular flexibility index (Phi) is 5.09. The van der Waals surface area contributed by atoms with E-state index < -0.39 is 23.5 Å². The molecule has 26 heavy (non-hydrogen) atoms. The average molecular weight is 357 g/mol. The van der Waals surface area contributed by atoms with E-state index in [1.54, 1.807) is 37.4 Å². The van der Waals surface area contributed by atoms with Crippen LogP contribution in [-0.2, 0) is 9.53 Å². The molecule has 0 saturated heterocycles. The number of rotatable bonds is 7. The number of hydrogen-bond donors (Lipinski definition) is 1. The molecule has 1 unspecified atom stereocenters. The number of amides is 1. The zero-order valence-corrected chi connectivity index (χ0v) is 14.5. The summed E-state index contributed by atoms with van der Waals surface area (Å²) in [5.41, 5.74) is 0.667. The highest BCUT2D eigenvalue weighted by atomic mass is 16.5. The van der Waals surface area contributed by atoms with Crippen molar-refractivity contribution in [1.29, 1.82) is 0 Å². The van der Waals surface area contributed by atoms with E-state index in [-0.39, 0.29) is 24.5 Å². The van der Waals surface area contributed by atoms with E-state index in [0.29, 0.717) is 11.3 Å². The van der Waals surface area contributed by atoms with Gasteiger partial charge >= 0.3 is 0 Å². The molecule has 0 bridgehead atoms. The van der Waals surface area contributed by atoms with Gasteiger partial charge in [-0.15, -0.1) is 0 Å². The maximum absolute atomic E-state index is 12.8. The summed E-state index contributed by atoms with van der Waals surface area (Å²) in [5, 5.41) is 10.4. The second-order valence-electron chi connectivity index (χ2n) is 5.74. The molecule has 1 N–H and O–H groups in total. The van der Waals surface area contributed by atoms with Crippen LogP contribution in [0, 0.1) is 0 Å². The smallest absolute Gasteiger partial charge is 0.290 e. The molecular weight excluding hydrogens is 338 g/mol. The van der Waals surface area contributed by atoms with E-state index in [1.807, 2.05) is 0 Å². The van der Waals surface area contributed by atoms with Gasteiger partial charge in [-0.2, -0.15) is 0 Å². The quantitative estimate of drug-likeness (QED) is 0.766. The molecule has 2 aromatic rings. The minimum Gasteiger partial charge on any atom is -0.503 e. The van der Waals surface area contributed by atoms with Crippen molar-refractivity contribution in [2.24, 2.45) is 0 Å². The van der Waals surface area contributed by atoms with E-state index in [4.69, 9.17) is 13.9 Å². The second-order valence-corrected chi connectivity index (χ2v) is 5.74. The van der Waals surface area contributed by atoms with Gasteiger partial charge in [0.1, 0.15) is 5.75 Å². The van der Waals surface area contributed by atoms with E-state index >= 15 is 0 Å². The molecule has 0 saturated carbocycles. The summed E-state index contributed by atoms with van der Waals surface area (Å²) in [7, 11) is 3.07. The third kappa shape index (κ3) is 3.09. The van der Waals surface area contributed by atoms with Crippen molar-refractivity contribution in [3.05, 3.63) is 65.3 Å². The fraction of sp³-hybridized carbons (Fsp3) is 0.263. The van der Waals surface area contributed by atoms with Gasteiger partial charge in [0.2, 0.25) is 5.78 Å². The molecule has 0 fully saturated rings. The highest BCUT2D eigenvalue weighted by Crippen LogP contribution is 2.39. The molecule has 0 aliphatic carbocycles. The van der Waals surface area contributed by atoms with Gasteiger partial charge in [-0.25, -0.2) is 0 Å². The number of Topliss-reactive ketones (excluding diaryl/α,β-unsaturated/α-hetero) is 1. The molecule has 1 aromatic heterocycles. The number of aliphatic hydroxyl groups excluding tert-OH is 1. The number of ketones is 1. The number of aliphatic hydroxyl groups is 1. The van der Waals surface area contributed by atoms with Gasteiger partial charge in [0, 0.05) is 13.7 Å². The standard InChI is InChI=1S/C19H19NO6/c1-24-11-9-20-16(12-5-7-13(25-2)8-6-12)15(18(22)19(20)23)17(21)14-4-3-10-26-14/h3-8,10,16,22H,9,11H2,1-2H3. The first-order valence-corrected chi connectivity index (χ1v) is 8.03. The number of carbonyl (C=O) groups excluding carboxylic acids is 2. The van der Waals surface area contributed by atoms with Crippen molar-refractivity contribution < 1.29 is 28.6 Å². The van der Waals surface area contributed by atoms with Gasteiger partial charge in [-0.05, 0) is 29.8 Å². The van der Waals surface area contributed by atoms with Crippen molar-refractivity contribution >= 4 is 11.7 Å². The molecule has 1 aliphatic rings. The lowest BCUT2D eigenvalue weighted by Gasteiger charge is -2.26. The van der Waals surface area contributed by atoms with Crippen LogP contribution in [0.2, 0.25) is 0 Å². The number of carbonyl (C=O) groups is 2. The van der Waals surface area contributed by atoms with Crippen LogP contribution < -0.4 is 4.74 Å². The van der Waals surface area contributed by atoms with Gasteiger partial charge in [0.15, 0.2) is 11.5 Å². The largest absolute Gasteiger partial charge is 0.503 e. The number of methoxy groups -OCH3 is 2. The molecule has 0 radical (unpaired) electrons. The normalized spacial score (nSPS) is 17.1. The maximum atomic E-state index is 12.8. The fourth-order valence-electron chi connectivity index (χ4n) is 2.98. The van der Waals surface area contributed by atoms with Crippen molar-refractivity contribution in [3.63, 3.8) is 0 Å². The first-order valence-electron chi connectivity index (χ1n) is 8.03. The Labute approximate surface area is 150 Å². The van der Waals surface area contributed by atoms with Gasteiger partial charge in [-0.1, -0.05) is 12.1 Å². The van der Waals surface area contributed by atoms with Crippen LogP contribution in [0.15, 0.2) is 58.4 Å². The molecule has 1 aromatic carbocycles. The topological polar surface area (TPSA) is 89.2 Å². The highest BCUT2D eigenvalue weighted by Gasteiger charge is 2.44. The molecule has 0 spiro atoms. The number of benzene rings is 1. The zero-order chi connectivity index (χ0) is 18.7. The second kappa shape index (κ2) is 7.45. The van der Waals surface area contributed by atoms with E-state index in [1.165, 1.54) is 24.3 Å². The molecule has 3 rings (SSSR count). The van der Waals surface area contributed by atoms with Gasteiger partial charge in [0.25, 0.3) is 5.91 Å². The van der Waals surface area contributed by atoms with E-state index in [9.17, 15) is 14.7 Å². The van der Waals surface area contributed by atoms with Crippen LogP contribution in [0.5, 0.6) is 5.75 Å². The van der Waals surface area contributed by atoms with E-state index in [0.717, 1.165) is 0 Å². The minimum absolute atomic E-state index is 0.00813. The third-order valence-electron chi connectivity index (χ3n) is 4.26. The highest BCUT2D eigenvalue weighted by molar-refractivity contribution is 6.15. The molecule has 1 amide bonds. The summed E-state index contributed by atoms with van der Waals surface area (Å²) in [6.45, 7) is 0.499. The summed E-state index contributed by atoms with van der Waals surface area (Å²) in [4.78, 5) is 26.8. The third-order valence-corrected chi connectivity index (χ3v) is 4.26. The molecule has 1 atom stereocenters. The van der Waals surface area contributed by atoms with Crippen molar-refractivity contribution in [1.82, 2.24) is 4.90 Å². The zero-order valence-electron chi connectivity index (χ0n) is 14.5. The predicted molar refractivity (Wildman–Crippen MR) is 92.0 cm³/mol. The van der Waals surface area contributed by atoms with Gasteiger partial charge in [0.05, 0.1) is 31.6 Å². The van der Waals surface area contributed by atoms with Crippen molar-refractivity contribution in [2.45, 2.75) is 6.04 Å². The van der Waals surface area contributed by atoms with Crippen molar-refractivity contribution in [3.8, 4) is 5.75 Å². The predicted octanol–water partition coefficient (Wildman–Crippen LogP) is 2.51. The lowest BCUT2D eigenvalue weighted by atomic mass is 9.95. The summed E-state index contributed by atoms with van der Waals surface area (Å²) in [6.07, 6.45) is 1.37. The van der Waals surface area contributed by atoms with Crippen LogP contribution in [0.4, 0.5) is 0 Å². The lowest BCUT2D eigenvalue weighted by Crippen LogP contribution is -2.33. The van der Waals surface area contributed by atoms with Crippen LogP contribution in [0.1, 0.15) is 22.2 Å². The van der Waals surface area contributed by atoms with Crippen LogP contribution in [0.3, 0.4) is 0 Å². The summed E-state index contributed by atoms with van der Waals surface area (Å²) >= 11 is 0. The van der Waals surface area contributed by atoms with Crippen LogP contribution in [0.25, 0.3) is 0 Å². The number of ether oxygens (including phenoxy) is 2. The Morgan fingerprint density at radius 1 is 1.23 bits per heavy atom. The first-order chi connectivity index (χ1) is 12.6. The summed E-state index contributed by atoms with van der Waals surface area (Å²) in [6, 6.07) is 9.32. The first kappa shape index (κ1) is 17.8. The lowest BCUT2D eigenvalue weighted by molar-refractivity contribution is -0.130. The molecule has 2 heterocycles. The van der Waals surface area contributed by atoms with Crippen LogP contribution in [-0.4, -0.2) is 49.1 Å². The molecule has 136 valence electrons.